The van der Waals surface area contributed by atoms with Crippen LogP contribution in [0.3, 0.4) is 0 Å². The van der Waals surface area contributed by atoms with Gasteiger partial charge in [-0.05, 0) is 48.9 Å². The van der Waals surface area contributed by atoms with Crippen molar-refractivity contribution in [2.24, 2.45) is 5.10 Å². The molecule has 0 heterocycles. The van der Waals surface area contributed by atoms with Crippen molar-refractivity contribution >= 4 is 23.7 Å². The first-order chi connectivity index (χ1) is 13.1. The quantitative estimate of drug-likeness (QED) is 0.442. The average molecular weight is 371 g/mol. The maximum atomic E-state index is 12.0. The van der Waals surface area contributed by atoms with Crippen LogP contribution >= 0.6 is 0 Å². The fourth-order valence-electron chi connectivity index (χ4n) is 2.12. The Balaban J connectivity index is 1.94. The molecule has 0 aliphatic carbocycles. The van der Waals surface area contributed by atoms with Crippen LogP contribution in [-0.2, 0) is 9.59 Å². The zero-order valence-electron chi connectivity index (χ0n) is 15.3. The lowest BCUT2D eigenvalue weighted by molar-refractivity contribution is -0.136. The van der Waals surface area contributed by atoms with Crippen LogP contribution in [0.5, 0.6) is 17.2 Å². The SMILES string of the molecule is CCOc1ccc(/C=N\NC(=O)C(=O)Nc2cc(OC)ccc2OC)cc1. The first kappa shape index (κ1) is 19.8. The van der Waals surface area contributed by atoms with Crippen LogP contribution in [0, 0.1) is 0 Å². The number of hydrazone groups is 1. The van der Waals surface area contributed by atoms with Gasteiger partial charge >= 0.3 is 11.8 Å². The summed E-state index contributed by atoms with van der Waals surface area (Å²) in [5.41, 5.74) is 3.23. The predicted molar refractivity (Wildman–Crippen MR) is 102 cm³/mol. The van der Waals surface area contributed by atoms with Crippen LogP contribution in [0.15, 0.2) is 47.6 Å². The Morgan fingerprint density at radius 1 is 1.00 bits per heavy atom. The second-order valence-corrected chi connectivity index (χ2v) is 5.22. The summed E-state index contributed by atoms with van der Waals surface area (Å²) in [4.78, 5) is 23.9. The maximum Gasteiger partial charge on any atom is 0.329 e. The monoisotopic (exact) mass is 371 g/mol. The van der Waals surface area contributed by atoms with Gasteiger partial charge in [-0.25, -0.2) is 5.43 Å². The van der Waals surface area contributed by atoms with Crippen molar-refractivity contribution in [1.29, 1.82) is 0 Å². The third-order valence-corrected chi connectivity index (χ3v) is 3.43. The van der Waals surface area contributed by atoms with Crippen LogP contribution in [-0.4, -0.2) is 38.9 Å². The van der Waals surface area contributed by atoms with E-state index >= 15 is 0 Å². The van der Waals surface area contributed by atoms with E-state index in [9.17, 15) is 9.59 Å². The molecule has 2 rings (SSSR count). The van der Waals surface area contributed by atoms with Crippen molar-refractivity contribution in [3.05, 3.63) is 48.0 Å². The van der Waals surface area contributed by atoms with Crippen LogP contribution in [0.4, 0.5) is 5.69 Å². The molecule has 0 aromatic heterocycles. The Morgan fingerprint density at radius 3 is 2.33 bits per heavy atom. The van der Waals surface area contributed by atoms with E-state index in [1.807, 2.05) is 6.92 Å². The molecule has 142 valence electrons. The summed E-state index contributed by atoms with van der Waals surface area (Å²) in [5, 5.41) is 6.23. The zero-order valence-corrected chi connectivity index (χ0v) is 15.3. The van der Waals surface area contributed by atoms with Gasteiger partial charge in [0.25, 0.3) is 0 Å². The van der Waals surface area contributed by atoms with E-state index < -0.39 is 11.8 Å². The molecule has 0 unspecified atom stereocenters. The second-order valence-electron chi connectivity index (χ2n) is 5.22. The number of nitrogens with one attached hydrogen (secondary N) is 2. The molecule has 2 amide bonds. The third kappa shape index (κ3) is 5.74. The predicted octanol–water partition coefficient (Wildman–Crippen LogP) is 2.19. The number of ether oxygens (including phenoxy) is 3. The minimum atomic E-state index is -0.915. The molecule has 0 aliphatic rings. The average Bonchev–Trinajstić information content (AvgIpc) is 2.69. The van der Waals surface area contributed by atoms with Crippen molar-refractivity contribution in [2.75, 3.05) is 26.1 Å². The first-order valence-electron chi connectivity index (χ1n) is 8.16. The van der Waals surface area contributed by atoms with E-state index in [2.05, 4.69) is 15.8 Å². The highest BCUT2D eigenvalue weighted by Crippen LogP contribution is 2.28. The van der Waals surface area contributed by atoms with Crippen LogP contribution in [0.2, 0.25) is 0 Å². The normalized spacial score (nSPS) is 10.3. The third-order valence-electron chi connectivity index (χ3n) is 3.43. The Labute approximate surface area is 157 Å². The van der Waals surface area contributed by atoms with Gasteiger partial charge in [-0.1, -0.05) is 0 Å². The lowest BCUT2D eigenvalue weighted by Gasteiger charge is -2.11. The molecule has 0 atom stereocenters. The summed E-state index contributed by atoms with van der Waals surface area (Å²) >= 11 is 0. The topological polar surface area (TPSA) is 98.2 Å². The molecule has 8 heteroatoms. The summed E-state index contributed by atoms with van der Waals surface area (Å²) in [6.07, 6.45) is 1.42. The van der Waals surface area contributed by atoms with E-state index in [1.54, 1.807) is 42.5 Å². The van der Waals surface area contributed by atoms with E-state index in [1.165, 1.54) is 20.4 Å². The Morgan fingerprint density at radius 2 is 1.70 bits per heavy atom. The summed E-state index contributed by atoms with van der Waals surface area (Å²) in [5.74, 6) is -0.146. The van der Waals surface area contributed by atoms with E-state index in [-0.39, 0.29) is 0 Å². The molecule has 2 aromatic rings. The van der Waals surface area contributed by atoms with Crippen molar-refractivity contribution in [3.8, 4) is 17.2 Å². The fourth-order valence-corrected chi connectivity index (χ4v) is 2.12. The van der Waals surface area contributed by atoms with Gasteiger partial charge < -0.3 is 19.5 Å². The maximum absolute atomic E-state index is 12.0. The highest BCUT2D eigenvalue weighted by molar-refractivity contribution is 6.39. The molecule has 0 saturated heterocycles. The molecule has 27 heavy (non-hydrogen) atoms. The molecule has 0 spiro atoms. The van der Waals surface area contributed by atoms with Crippen molar-refractivity contribution in [2.45, 2.75) is 6.92 Å². The number of hydrogen-bond donors (Lipinski definition) is 2. The minimum absolute atomic E-state index is 0.312. The van der Waals surface area contributed by atoms with Gasteiger partial charge in [0.1, 0.15) is 17.2 Å². The summed E-state index contributed by atoms with van der Waals surface area (Å²) in [7, 11) is 2.95. The van der Waals surface area contributed by atoms with Gasteiger partial charge in [0, 0.05) is 6.07 Å². The molecular weight excluding hydrogens is 350 g/mol. The molecule has 2 aromatic carbocycles. The van der Waals surface area contributed by atoms with Gasteiger partial charge in [-0.2, -0.15) is 5.10 Å². The zero-order chi connectivity index (χ0) is 19.6. The number of benzene rings is 2. The van der Waals surface area contributed by atoms with Crippen molar-refractivity contribution < 1.29 is 23.8 Å². The van der Waals surface area contributed by atoms with Crippen molar-refractivity contribution in [1.82, 2.24) is 5.43 Å². The summed E-state index contributed by atoms with van der Waals surface area (Å²) in [6.45, 7) is 2.48. The number of methoxy groups -OCH3 is 2. The van der Waals surface area contributed by atoms with E-state index in [4.69, 9.17) is 14.2 Å². The van der Waals surface area contributed by atoms with E-state index in [0.717, 1.165) is 11.3 Å². The van der Waals surface area contributed by atoms with Crippen molar-refractivity contribution in [3.63, 3.8) is 0 Å². The van der Waals surface area contributed by atoms with Gasteiger partial charge in [-0.15, -0.1) is 0 Å². The number of carbonyl (C=O) groups excluding carboxylic acids is 2. The number of amides is 2. The van der Waals surface area contributed by atoms with Gasteiger partial charge in [-0.3, -0.25) is 9.59 Å². The van der Waals surface area contributed by atoms with E-state index in [0.29, 0.717) is 23.8 Å². The number of hydrogen-bond acceptors (Lipinski definition) is 6. The fraction of sp³-hybridized carbons (Fsp3) is 0.211. The minimum Gasteiger partial charge on any atom is -0.497 e. The molecule has 0 saturated carbocycles. The molecule has 0 fully saturated rings. The van der Waals surface area contributed by atoms with Crippen LogP contribution in [0.1, 0.15) is 12.5 Å². The Kier molecular flexibility index (Phi) is 7.18. The lowest BCUT2D eigenvalue weighted by atomic mass is 10.2. The molecule has 2 N–H and O–H groups in total. The number of carbonyl (C=O) groups is 2. The molecule has 8 nitrogen and oxygen atoms in total. The standard InChI is InChI=1S/C19H21N3O5/c1-4-27-14-7-5-13(6-8-14)12-20-22-19(24)18(23)21-16-11-15(25-2)9-10-17(16)26-3/h5-12H,4H2,1-3H3,(H,21,23)(H,22,24)/b20-12-. The number of rotatable bonds is 7. The van der Waals surface area contributed by atoms with Gasteiger partial charge in [0.05, 0.1) is 32.7 Å². The Bertz CT molecular complexity index is 819. The molecular formula is C19H21N3O5. The molecule has 0 aliphatic heterocycles. The highest BCUT2D eigenvalue weighted by atomic mass is 16.5. The smallest absolute Gasteiger partial charge is 0.329 e. The van der Waals surface area contributed by atoms with Gasteiger partial charge in [0.2, 0.25) is 0 Å². The Hall–Kier alpha value is -3.55. The number of anilines is 1. The van der Waals surface area contributed by atoms with Crippen LogP contribution in [0.25, 0.3) is 0 Å². The lowest BCUT2D eigenvalue weighted by Crippen LogP contribution is -2.32. The van der Waals surface area contributed by atoms with Crippen LogP contribution < -0.4 is 25.0 Å². The summed E-state index contributed by atoms with van der Waals surface area (Å²) < 4.78 is 15.6. The molecule has 0 radical (unpaired) electrons. The largest absolute Gasteiger partial charge is 0.497 e. The highest BCUT2D eigenvalue weighted by Gasteiger charge is 2.16. The first-order valence-corrected chi connectivity index (χ1v) is 8.16. The second kappa shape index (κ2) is 9.81. The number of nitrogens with zero attached hydrogens (tertiary/aromatic N) is 1. The van der Waals surface area contributed by atoms with Gasteiger partial charge in [0.15, 0.2) is 0 Å². The molecule has 0 bridgehead atoms. The summed E-state index contributed by atoms with van der Waals surface area (Å²) in [6, 6.07) is 12.0.